The lowest BCUT2D eigenvalue weighted by molar-refractivity contribution is 0.255. The minimum Gasteiger partial charge on any atom is -0.294 e. The van der Waals surface area contributed by atoms with Gasteiger partial charge in [-0.05, 0) is 37.7 Å². The molecule has 22 heavy (non-hydrogen) atoms. The van der Waals surface area contributed by atoms with E-state index in [1.807, 2.05) is 36.7 Å². The summed E-state index contributed by atoms with van der Waals surface area (Å²) in [5, 5.41) is 0.970. The van der Waals surface area contributed by atoms with E-state index in [9.17, 15) is 0 Å². The Labute approximate surface area is 134 Å². The molecule has 0 spiro atoms. The van der Waals surface area contributed by atoms with Gasteiger partial charge in [-0.3, -0.25) is 14.9 Å². The first kappa shape index (κ1) is 14.8. The highest BCUT2D eigenvalue weighted by atomic mass is 32.1. The summed E-state index contributed by atoms with van der Waals surface area (Å²) < 4.78 is 0. The molecule has 3 aromatic heterocycles. The second-order valence-electron chi connectivity index (χ2n) is 5.22. The number of hydrogen-bond acceptors (Lipinski definition) is 5. The van der Waals surface area contributed by atoms with Gasteiger partial charge in [0, 0.05) is 42.3 Å². The Morgan fingerprint density at radius 3 is 2.73 bits per heavy atom. The number of nitrogens with zero attached hydrogens (tertiary/aromatic N) is 4. The van der Waals surface area contributed by atoms with Crippen LogP contribution in [0.4, 0.5) is 0 Å². The standard InChI is InChI=1S/C17H18N4S/c1-13(14-6-5-8-18-10-14)21(2)12-15-11-20-17(22-15)16-7-3-4-9-19-16/h3-11,13H,12H2,1-2H3/t13-/m1/s1. The Morgan fingerprint density at radius 1 is 1.09 bits per heavy atom. The Kier molecular flexibility index (Phi) is 4.56. The van der Waals surface area contributed by atoms with Crippen molar-refractivity contribution in [3.8, 4) is 10.7 Å². The summed E-state index contributed by atoms with van der Waals surface area (Å²) in [5.74, 6) is 0. The van der Waals surface area contributed by atoms with E-state index in [4.69, 9.17) is 0 Å². The molecule has 0 saturated carbocycles. The molecule has 0 fully saturated rings. The van der Waals surface area contributed by atoms with Crippen LogP contribution in [0.3, 0.4) is 0 Å². The summed E-state index contributed by atoms with van der Waals surface area (Å²) >= 11 is 1.70. The molecule has 5 heteroatoms. The molecule has 3 aromatic rings. The maximum Gasteiger partial charge on any atom is 0.142 e. The fourth-order valence-electron chi connectivity index (χ4n) is 2.25. The molecule has 0 radical (unpaired) electrons. The van der Waals surface area contributed by atoms with Crippen LogP contribution in [0.25, 0.3) is 10.7 Å². The average Bonchev–Trinajstić information content (AvgIpc) is 3.04. The highest BCUT2D eigenvalue weighted by Crippen LogP contribution is 2.26. The van der Waals surface area contributed by atoms with Gasteiger partial charge in [-0.25, -0.2) is 4.98 Å². The van der Waals surface area contributed by atoms with E-state index in [2.05, 4.69) is 39.9 Å². The van der Waals surface area contributed by atoms with Crippen LogP contribution in [0.2, 0.25) is 0 Å². The summed E-state index contributed by atoms with van der Waals surface area (Å²) in [7, 11) is 2.12. The van der Waals surface area contributed by atoms with Gasteiger partial charge in [-0.2, -0.15) is 0 Å². The summed E-state index contributed by atoms with van der Waals surface area (Å²) in [6, 6.07) is 10.3. The van der Waals surface area contributed by atoms with Crippen LogP contribution < -0.4 is 0 Å². The third kappa shape index (κ3) is 3.37. The van der Waals surface area contributed by atoms with Crippen molar-refractivity contribution in [3.05, 3.63) is 65.6 Å². The first-order valence-electron chi connectivity index (χ1n) is 7.20. The van der Waals surface area contributed by atoms with Crippen LogP contribution in [0, 0.1) is 0 Å². The maximum atomic E-state index is 4.49. The Morgan fingerprint density at radius 2 is 2.00 bits per heavy atom. The van der Waals surface area contributed by atoms with Gasteiger partial charge in [-0.15, -0.1) is 11.3 Å². The predicted octanol–water partition coefficient (Wildman–Crippen LogP) is 3.79. The highest BCUT2D eigenvalue weighted by Gasteiger charge is 2.14. The fraction of sp³-hybridized carbons (Fsp3) is 0.235. The van der Waals surface area contributed by atoms with Crippen molar-refractivity contribution >= 4 is 11.3 Å². The van der Waals surface area contributed by atoms with E-state index in [0.717, 1.165) is 17.2 Å². The molecular weight excluding hydrogens is 292 g/mol. The molecule has 0 aliphatic rings. The number of hydrogen-bond donors (Lipinski definition) is 0. The van der Waals surface area contributed by atoms with Crippen molar-refractivity contribution in [1.29, 1.82) is 0 Å². The largest absolute Gasteiger partial charge is 0.294 e. The second kappa shape index (κ2) is 6.77. The van der Waals surface area contributed by atoms with E-state index in [-0.39, 0.29) is 0 Å². The van der Waals surface area contributed by atoms with E-state index in [1.165, 1.54) is 10.4 Å². The third-order valence-electron chi connectivity index (χ3n) is 3.67. The van der Waals surface area contributed by atoms with Crippen molar-refractivity contribution in [1.82, 2.24) is 19.9 Å². The van der Waals surface area contributed by atoms with E-state index in [1.54, 1.807) is 23.7 Å². The Bertz CT molecular complexity index is 712. The van der Waals surface area contributed by atoms with Gasteiger partial charge in [0.15, 0.2) is 0 Å². The smallest absolute Gasteiger partial charge is 0.142 e. The number of aromatic nitrogens is 3. The lowest BCUT2D eigenvalue weighted by Gasteiger charge is -2.23. The van der Waals surface area contributed by atoms with Crippen LogP contribution >= 0.6 is 11.3 Å². The van der Waals surface area contributed by atoms with Crippen LogP contribution in [0.5, 0.6) is 0 Å². The number of pyridine rings is 2. The zero-order valence-corrected chi connectivity index (χ0v) is 13.5. The quantitative estimate of drug-likeness (QED) is 0.719. The van der Waals surface area contributed by atoms with Crippen molar-refractivity contribution in [2.45, 2.75) is 19.5 Å². The molecule has 0 bridgehead atoms. The fourth-order valence-corrected chi connectivity index (χ4v) is 3.20. The molecule has 3 heterocycles. The molecule has 4 nitrogen and oxygen atoms in total. The van der Waals surface area contributed by atoms with Gasteiger partial charge in [-0.1, -0.05) is 12.1 Å². The topological polar surface area (TPSA) is 41.9 Å². The molecule has 0 amide bonds. The average molecular weight is 310 g/mol. The van der Waals surface area contributed by atoms with Crippen molar-refractivity contribution in [2.75, 3.05) is 7.05 Å². The highest BCUT2D eigenvalue weighted by molar-refractivity contribution is 7.14. The minimum absolute atomic E-state index is 0.314. The zero-order chi connectivity index (χ0) is 15.4. The lowest BCUT2D eigenvalue weighted by atomic mass is 10.1. The Balaban J connectivity index is 1.70. The summed E-state index contributed by atoms with van der Waals surface area (Å²) in [6.45, 7) is 3.05. The number of rotatable bonds is 5. The molecule has 0 aliphatic carbocycles. The summed E-state index contributed by atoms with van der Waals surface area (Å²) in [6.07, 6.45) is 7.47. The molecule has 112 valence electrons. The van der Waals surface area contributed by atoms with Gasteiger partial charge in [0.2, 0.25) is 0 Å². The third-order valence-corrected chi connectivity index (χ3v) is 4.68. The molecular formula is C17H18N4S. The SMILES string of the molecule is C[C@H](c1cccnc1)N(C)Cc1cnc(-c2ccccn2)s1. The lowest BCUT2D eigenvalue weighted by Crippen LogP contribution is -2.21. The van der Waals surface area contributed by atoms with Gasteiger partial charge in [0.05, 0.1) is 5.69 Å². The van der Waals surface area contributed by atoms with Crippen LogP contribution in [-0.2, 0) is 6.54 Å². The van der Waals surface area contributed by atoms with Gasteiger partial charge >= 0.3 is 0 Å². The molecule has 0 aliphatic heterocycles. The van der Waals surface area contributed by atoms with Crippen LogP contribution in [0.15, 0.2) is 55.1 Å². The second-order valence-corrected chi connectivity index (χ2v) is 6.34. The first-order valence-corrected chi connectivity index (χ1v) is 8.02. The molecule has 3 rings (SSSR count). The molecule has 0 unspecified atom stereocenters. The summed E-state index contributed by atoms with van der Waals surface area (Å²) in [4.78, 5) is 16.6. The van der Waals surface area contributed by atoms with Gasteiger partial charge in [0.1, 0.15) is 5.01 Å². The van der Waals surface area contributed by atoms with E-state index < -0.39 is 0 Å². The molecule has 0 N–H and O–H groups in total. The maximum absolute atomic E-state index is 4.49. The minimum atomic E-state index is 0.314. The van der Waals surface area contributed by atoms with E-state index in [0.29, 0.717) is 6.04 Å². The normalized spacial score (nSPS) is 12.5. The molecule has 0 aromatic carbocycles. The first-order chi connectivity index (χ1) is 10.7. The monoisotopic (exact) mass is 310 g/mol. The number of thiazole rings is 1. The summed E-state index contributed by atoms with van der Waals surface area (Å²) in [5.41, 5.74) is 2.15. The van der Waals surface area contributed by atoms with Crippen molar-refractivity contribution < 1.29 is 0 Å². The Hall–Kier alpha value is -2.11. The molecule has 0 saturated heterocycles. The van der Waals surface area contributed by atoms with Crippen molar-refractivity contribution in [3.63, 3.8) is 0 Å². The van der Waals surface area contributed by atoms with Crippen LogP contribution in [0.1, 0.15) is 23.4 Å². The zero-order valence-electron chi connectivity index (χ0n) is 12.7. The molecule has 1 atom stereocenters. The van der Waals surface area contributed by atoms with Crippen molar-refractivity contribution in [2.24, 2.45) is 0 Å². The van der Waals surface area contributed by atoms with Gasteiger partial charge < -0.3 is 0 Å². The van der Waals surface area contributed by atoms with Gasteiger partial charge in [0.25, 0.3) is 0 Å². The van der Waals surface area contributed by atoms with E-state index >= 15 is 0 Å². The van der Waals surface area contributed by atoms with Crippen LogP contribution in [-0.4, -0.2) is 26.9 Å². The predicted molar refractivity (Wildman–Crippen MR) is 89.5 cm³/mol.